The lowest BCUT2D eigenvalue weighted by molar-refractivity contribution is -0.367. The number of nitrogens with zero attached hydrogens (tertiary/aromatic N) is 1. The average Bonchev–Trinajstić information content (AvgIpc) is 2.63. The number of benzene rings is 1. The number of fused-ring (bicyclic) bond motifs is 1. The fraction of sp³-hybridized carbons (Fsp3) is 0.154. The van der Waals surface area contributed by atoms with Gasteiger partial charge in [0.2, 0.25) is 6.21 Å². The van der Waals surface area contributed by atoms with Crippen LogP contribution in [0, 0.1) is 6.92 Å². The van der Waals surface area contributed by atoms with Crippen molar-refractivity contribution in [2.24, 2.45) is 0 Å². The Balaban J connectivity index is 2.61. The quantitative estimate of drug-likeness (QED) is 0.635. The van der Waals surface area contributed by atoms with E-state index in [0.717, 1.165) is 20.5 Å². The first-order chi connectivity index (χ1) is 8.50. The zero-order valence-corrected chi connectivity index (χ0v) is 10.8. The Labute approximate surface area is 108 Å². The lowest BCUT2D eigenvalue weighted by Crippen LogP contribution is -2.25. The first kappa shape index (κ1) is 12.4. The molecular formula is C13H12NO3S+. The zero-order chi connectivity index (χ0) is 13.3. The Kier molecular flexibility index (Phi) is 3.25. The highest BCUT2D eigenvalue weighted by atomic mass is 32.1. The molecule has 2 amide bonds. The molecule has 2 aromatic rings. The number of carboxylic acid groups (broad SMARTS) is 1. The van der Waals surface area contributed by atoms with Crippen molar-refractivity contribution in [3.8, 4) is 0 Å². The van der Waals surface area contributed by atoms with Gasteiger partial charge in [0, 0.05) is 4.70 Å². The summed E-state index contributed by atoms with van der Waals surface area (Å²) < 4.78 is 1.78. The summed E-state index contributed by atoms with van der Waals surface area (Å²) in [4.78, 5) is 23.0. The summed E-state index contributed by atoms with van der Waals surface area (Å²) in [6, 6.07) is 7.83. The van der Waals surface area contributed by atoms with E-state index >= 15 is 0 Å². The Bertz CT molecular complexity index is 654. The second kappa shape index (κ2) is 4.70. The molecule has 1 heterocycles. The van der Waals surface area contributed by atoms with Crippen LogP contribution in [-0.2, 0) is 4.79 Å². The van der Waals surface area contributed by atoms with Gasteiger partial charge in [0.1, 0.15) is 0 Å². The maximum Gasteiger partial charge on any atom is 0.602 e. The molecule has 0 spiro atoms. The first-order valence-corrected chi connectivity index (χ1v) is 6.18. The van der Waals surface area contributed by atoms with E-state index in [4.69, 9.17) is 5.11 Å². The lowest BCUT2D eigenvalue weighted by atomic mass is 10.1. The number of carbonyl (C=O) groups excluding carboxylic acids is 1. The van der Waals surface area contributed by atoms with Crippen molar-refractivity contribution in [2.45, 2.75) is 13.8 Å². The number of imide groups is 1. The van der Waals surface area contributed by atoms with Crippen LogP contribution in [0.4, 0.5) is 4.79 Å². The van der Waals surface area contributed by atoms with Gasteiger partial charge in [-0.2, -0.15) is 4.79 Å². The molecule has 1 aromatic carbocycles. The topological polar surface area (TPSA) is 57.4 Å². The zero-order valence-electron chi connectivity index (χ0n) is 10.0. The van der Waals surface area contributed by atoms with Crippen LogP contribution >= 0.6 is 11.3 Å². The van der Waals surface area contributed by atoms with E-state index in [-0.39, 0.29) is 0 Å². The molecule has 0 atom stereocenters. The molecule has 18 heavy (non-hydrogen) atoms. The molecule has 0 unspecified atom stereocenters. The van der Waals surface area contributed by atoms with E-state index in [9.17, 15) is 9.59 Å². The van der Waals surface area contributed by atoms with Gasteiger partial charge in [-0.25, -0.2) is 4.79 Å². The van der Waals surface area contributed by atoms with Gasteiger partial charge in [0.05, 0.1) is 11.8 Å². The minimum Gasteiger partial charge on any atom is -0.427 e. The number of hydrogen-bond donors (Lipinski definition) is 1. The van der Waals surface area contributed by atoms with Crippen molar-refractivity contribution >= 4 is 39.6 Å². The van der Waals surface area contributed by atoms with Gasteiger partial charge < -0.3 is 5.11 Å². The summed E-state index contributed by atoms with van der Waals surface area (Å²) in [5, 5.41) is 10.0. The number of amides is 2. The Morgan fingerprint density at radius 2 is 2.00 bits per heavy atom. The van der Waals surface area contributed by atoms with Gasteiger partial charge in [-0.15, -0.1) is 11.3 Å². The van der Waals surface area contributed by atoms with E-state index in [1.165, 1.54) is 24.5 Å². The highest BCUT2D eigenvalue weighted by Gasteiger charge is 2.23. The van der Waals surface area contributed by atoms with Crippen LogP contribution in [0.2, 0.25) is 0 Å². The molecular weight excluding hydrogens is 250 g/mol. The molecule has 0 saturated carbocycles. The molecule has 1 N–H and O–H groups in total. The number of rotatable bonds is 1. The van der Waals surface area contributed by atoms with Gasteiger partial charge in [-0.3, -0.25) is 0 Å². The van der Waals surface area contributed by atoms with E-state index in [0.29, 0.717) is 4.58 Å². The molecule has 2 rings (SSSR count). The molecule has 0 saturated heterocycles. The molecule has 5 heteroatoms. The van der Waals surface area contributed by atoms with Gasteiger partial charge in [-0.1, -0.05) is 22.8 Å². The summed E-state index contributed by atoms with van der Waals surface area (Å²) >= 11 is 1.47. The van der Waals surface area contributed by atoms with E-state index < -0.39 is 12.0 Å². The van der Waals surface area contributed by atoms with E-state index in [1.807, 2.05) is 31.2 Å². The van der Waals surface area contributed by atoms with Crippen molar-refractivity contribution in [3.05, 3.63) is 34.7 Å². The summed E-state index contributed by atoms with van der Waals surface area (Å²) in [7, 11) is 0. The maximum absolute atomic E-state index is 11.2. The Morgan fingerprint density at radius 3 is 2.56 bits per heavy atom. The summed E-state index contributed by atoms with van der Waals surface area (Å²) in [5.41, 5.74) is 0.989. The van der Waals surface area contributed by atoms with Crippen molar-refractivity contribution in [3.63, 3.8) is 0 Å². The predicted octanol–water partition coefficient (Wildman–Crippen LogP) is 2.87. The van der Waals surface area contributed by atoms with Crippen LogP contribution in [0.15, 0.2) is 24.3 Å². The molecule has 0 aliphatic rings. The SMILES string of the molecule is CC(=O)/[N+](=C\c1sc2ccccc2c1C)C(=O)O. The molecule has 1 aromatic heterocycles. The third kappa shape index (κ3) is 2.17. The third-order valence-corrected chi connectivity index (χ3v) is 3.88. The van der Waals surface area contributed by atoms with Crippen LogP contribution in [-0.4, -0.2) is 27.9 Å². The number of hydrogen-bond acceptors (Lipinski definition) is 3. The smallest absolute Gasteiger partial charge is 0.427 e. The van der Waals surface area contributed by atoms with Gasteiger partial charge in [-0.05, 0) is 23.9 Å². The third-order valence-electron chi connectivity index (χ3n) is 2.67. The molecule has 4 nitrogen and oxygen atoms in total. The van der Waals surface area contributed by atoms with Crippen molar-refractivity contribution in [2.75, 3.05) is 0 Å². The van der Waals surface area contributed by atoms with Gasteiger partial charge in [0.25, 0.3) is 0 Å². The van der Waals surface area contributed by atoms with E-state index in [1.54, 1.807) is 0 Å². The monoisotopic (exact) mass is 262 g/mol. The Hall–Kier alpha value is -2.01. The number of thiophene rings is 1. The van der Waals surface area contributed by atoms with E-state index in [2.05, 4.69) is 0 Å². The highest BCUT2D eigenvalue weighted by Crippen LogP contribution is 2.29. The first-order valence-electron chi connectivity index (χ1n) is 5.36. The minimum atomic E-state index is -1.26. The number of carbonyl (C=O) groups is 2. The fourth-order valence-electron chi connectivity index (χ4n) is 1.71. The van der Waals surface area contributed by atoms with Crippen LogP contribution in [0.3, 0.4) is 0 Å². The van der Waals surface area contributed by atoms with Crippen LogP contribution < -0.4 is 0 Å². The molecule has 0 aliphatic heterocycles. The minimum absolute atomic E-state index is 0.514. The molecule has 0 fully saturated rings. The largest absolute Gasteiger partial charge is 0.602 e. The molecule has 92 valence electrons. The normalized spacial score (nSPS) is 11.8. The van der Waals surface area contributed by atoms with Crippen LogP contribution in [0.25, 0.3) is 10.1 Å². The molecule has 0 radical (unpaired) electrons. The lowest BCUT2D eigenvalue weighted by Gasteiger charge is -1.91. The van der Waals surface area contributed by atoms with Gasteiger partial charge in [0.15, 0.2) is 0 Å². The molecule has 0 bridgehead atoms. The Morgan fingerprint density at radius 1 is 1.33 bits per heavy atom. The second-order valence-electron chi connectivity index (χ2n) is 3.89. The van der Waals surface area contributed by atoms with Crippen molar-refractivity contribution < 1.29 is 19.3 Å². The van der Waals surface area contributed by atoms with Crippen LogP contribution in [0.5, 0.6) is 0 Å². The predicted molar refractivity (Wildman–Crippen MR) is 70.7 cm³/mol. The standard InChI is InChI=1S/C13H11NO3S/c1-8-10-5-3-4-6-11(10)18-12(8)7-14(9(2)15)13(16)17/h3-7H,1-2H3/p+1/b14-7+. The highest BCUT2D eigenvalue weighted by molar-refractivity contribution is 7.20. The van der Waals surface area contributed by atoms with Crippen molar-refractivity contribution in [1.82, 2.24) is 0 Å². The number of aryl methyl sites for hydroxylation is 1. The summed E-state index contributed by atoms with van der Waals surface area (Å²) in [5.74, 6) is -0.514. The van der Waals surface area contributed by atoms with Crippen LogP contribution in [0.1, 0.15) is 17.4 Å². The fourth-order valence-corrected chi connectivity index (χ4v) is 2.85. The summed E-state index contributed by atoms with van der Waals surface area (Å²) in [6.07, 6.45) is 0.115. The second-order valence-corrected chi connectivity index (χ2v) is 4.97. The van der Waals surface area contributed by atoms with Crippen molar-refractivity contribution in [1.29, 1.82) is 0 Å². The van der Waals surface area contributed by atoms with Gasteiger partial charge >= 0.3 is 12.0 Å². The summed E-state index contributed by atoms with van der Waals surface area (Å²) in [6.45, 7) is 3.15. The molecule has 0 aliphatic carbocycles. The average molecular weight is 262 g/mol. The maximum atomic E-state index is 11.2.